The van der Waals surface area contributed by atoms with Crippen LogP contribution in [-0.4, -0.2) is 36.2 Å². The summed E-state index contributed by atoms with van der Waals surface area (Å²) in [7, 11) is 0. The Morgan fingerprint density at radius 3 is 2.63 bits per heavy atom. The summed E-state index contributed by atoms with van der Waals surface area (Å²) >= 11 is 0. The zero-order valence-corrected chi connectivity index (χ0v) is 10.00. The van der Waals surface area contributed by atoms with E-state index in [1.807, 2.05) is 0 Å². The number of hydrogen-bond donors (Lipinski definition) is 4. The summed E-state index contributed by atoms with van der Waals surface area (Å²) in [5, 5.41) is 13.9. The van der Waals surface area contributed by atoms with Crippen LogP contribution in [0.1, 0.15) is 15.9 Å². The fourth-order valence-corrected chi connectivity index (χ4v) is 1.30. The average Bonchev–Trinajstić information content (AvgIpc) is 2.42. The van der Waals surface area contributed by atoms with Crippen LogP contribution < -0.4 is 16.8 Å². The highest BCUT2D eigenvalue weighted by molar-refractivity contribution is 6.01. The van der Waals surface area contributed by atoms with Crippen LogP contribution in [0, 0.1) is 0 Å². The molecule has 0 saturated carbocycles. The number of benzene rings is 1. The summed E-state index contributed by atoms with van der Waals surface area (Å²) in [6.07, 6.45) is -0.900. The molecule has 0 aromatic heterocycles. The molecule has 8 nitrogen and oxygen atoms in total. The van der Waals surface area contributed by atoms with E-state index in [1.165, 1.54) is 6.07 Å². The molecule has 0 radical (unpaired) electrons. The first kappa shape index (κ1) is 14.3. The summed E-state index contributed by atoms with van der Waals surface area (Å²) in [6, 6.07) is 6.24. The van der Waals surface area contributed by atoms with Gasteiger partial charge in [-0.2, -0.15) is 0 Å². The molecule has 6 N–H and O–H groups in total. The minimum Gasteiger partial charge on any atom is -0.448 e. The Kier molecular flexibility index (Phi) is 5.15. The van der Waals surface area contributed by atoms with Crippen LogP contribution in [0.15, 0.2) is 29.4 Å². The van der Waals surface area contributed by atoms with Crippen molar-refractivity contribution in [1.29, 1.82) is 0 Å². The Balaban J connectivity index is 2.60. The molecule has 0 aliphatic rings. The molecule has 1 aromatic rings. The van der Waals surface area contributed by atoms with E-state index in [0.717, 1.165) is 0 Å². The predicted octanol–water partition coefficient (Wildman–Crippen LogP) is -0.394. The van der Waals surface area contributed by atoms with E-state index in [2.05, 4.69) is 15.2 Å². The Labute approximate surface area is 109 Å². The van der Waals surface area contributed by atoms with Crippen LogP contribution in [0.5, 0.6) is 0 Å². The fourth-order valence-electron chi connectivity index (χ4n) is 1.30. The van der Waals surface area contributed by atoms with Crippen molar-refractivity contribution in [2.45, 2.75) is 0 Å². The Hall–Kier alpha value is -2.77. The lowest BCUT2D eigenvalue weighted by atomic mass is 10.1. The number of ether oxygens (including phenoxy) is 1. The molecule has 102 valence electrons. The van der Waals surface area contributed by atoms with Gasteiger partial charge in [-0.1, -0.05) is 17.3 Å². The fraction of sp³-hybridized carbons (Fsp3) is 0.182. The third-order valence-corrected chi connectivity index (χ3v) is 2.16. The third-order valence-electron chi connectivity index (χ3n) is 2.16. The van der Waals surface area contributed by atoms with Crippen LogP contribution in [0.4, 0.5) is 4.79 Å². The van der Waals surface area contributed by atoms with Crippen molar-refractivity contribution in [1.82, 2.24) is 5.32 Å². The zero-order valence-electron chi connectivity index (χ0n) is 10.00. The summed E-state index contributed by atoms with van der Waals surface area (Å²) < 4.78 is 4.46. The number of amides is 2. The van der Waals surface area contributed by atoms with E-state index in [0.29, 0.717) is 11.1 Å². The monoisotopic (exact) mass is 266 g/mol. The summed E-state index contributed by atoms with van der Waals surface area (Å²) in [6.45, 7) is 0.122. The molecule has 8 heteroatoms. The maximum Gasteiger partial charge on any atom is 0.404 e. The number of nitrogens with zero attached hydrogens (tertiary/aromatic N) is 1. The topological polar surface area (TPSA) is 140 Å². The van der Waals surface area contributed by atoms with Gasteiger partial charge in [-0.05, 0) is 12.1 Å². The number of nitrogens with two attached hydrogens (primary N) is 2. The summed E-state index contributed by atoms with van der Waals surface area (Å²) in [5.41, 5.74) is 10.9. The molecule has 0 saturated heterocycles. The van der Waals surface area contributed by atoms with E-state index >= 15 is 0 Å². The lowest BCUT2D eigenvalue weighted by molar-refractivity contribution is 0.0937. The third kappa shape index (κ3) is 4.54. The number of amidine groups is 1. The maximum atomic E-state index is 11.7. The van der Waals surface area contributed by atoms with E-state index in [9.17, 15) is 9.59 Å². The average molecular weight is 266 g/mol. The van der Waals surface area contributed by atoms with Gasteiger partial charge in [0.15, 0.2) is 5.84 Å². The van der Waals surface area contributed by atoms with E-state index < -0.39 is 6.09 Å². The molecular formula is C11H14N4O4. The second-order valence-electron chi connectivity index (χ2n) is 3.49. The van der Waals surface area contributed by atoms with Crippen molar-refractivity contribution in [3.8, 4) is 0 Å². The van der Waals surface area contributed by atoms with E-state index in [-0.39, 0.29) is 24.9 Å². The molecular weight excluding hydrogens is 252 g/mol. The van der Waals surface area contributed by atoms with Gasteiger partial charge in [0, 0.05) is 11.1 Å². The van der Waals surface area contributed by atoms with Gasteiger partial charge < -0.3 is 26.7 Å². The minimum atomic E-state index is -0.900. The van der Waals surface area contributed by atoms with Gasteiger partial charge in [0.2, 0.25) is 0 Å². The highest BCUT2D eigenvalue weighted by atomic mass is 16.5. The van der Waals surface area contributed by atoms with Gasteiger partial charge in [-0.3, -0.25) is 4.79 Å². The largest absolute Gasteiger partial charge is 0.448 e. The van der Waals surface area contributed by atoms with Crippen LogP contribution in [-0.2, 0) is 4.74 Å². The van der Waals surface area contributed by atoms with Crippen LogP contribution in [0.2, 0.25) is 0 Å². The van der Waals surface area contributed by atoms with Gasteiger partial charge >= 0.3 is 6.09 Å². The van der Waals surface area contributed by atoms with Gasteiger partial charge in [0.05, 0.1) is 6.54 Å². The van der Waals surface area contributed by atoms with Crippen molar-refractivity contribution in [2.75, 3.05) is 13.2 Å². The van der Waals surface area contributed by atoms with Crippen molar-refractivity contribution in [2.24, 2.45) is 16.6 Å². The SMILES string of the molecule is NC(=O)OCCNC(=O)c1cccc(/C(N)=N/O)c1. The van der Waals surface area contributed by atoms with Crippen molar-refractivity contribution in [3.63, 3.8) is 0 Å². The van der Waals surface area contributed by atoms with Crippen LogP contribution >= 0.6 is 0 Å². The Bertz CT molecular complexity index is 501. The molecule has 0 heterocycles. The number of carbonyl (C=O) groups excluding carboxylic acids is 2. The molecule has 0 spiro atoms. The van der Waals surface area contributed by atoms with Crippen molar-refractivity contribution >= 4 is 17.8 Å². The summed E-state index contributed by atoms with van der Waals surface area (Å²) in [5.74, 6) is -0.465. The number of rotatable bonds is 5. The second kappa shape index (κ2) is 6.84. The molecule has 2 amide bonds. The first-order chi connectivity index (χ1) is 9.04. The molecule has 1 aromatic carbocycles. The highest BCUT2D eigenvalue weighted by Gasteiger charge is 2.07. The number of carbonyl (C=O) groups is 2. The van der Waals surface area contributed by atoms with E-state index in [1.54, 1.807) is 18.2 Å². The number of nitrogens with one attached hydrogen (secondary N) is 1. The quantitative estimate of drug-likeness (QED) is 0.189. The molecule has 0 aliphatic carbocycles. The zero-order chi connectivity index (χ0) is 14.3. The smallest absolute Gasteiger partial charge is 0.404 e. The van der Waals surface area contributed by atoms with Gasteiger partial charge in [0.1, 0.15) is 6.61 Å². The summed E-state index contributed by atoms with van der Waals surface area (Å²) in [4.78, 5) is 22.0. The Morgan fingerprint density at radius 1 is 1.32 bits per heavy atom. The van der Waals surface area contributed by atoms with Crippen LogP contribution in [0.3, 0.4) is 0 Å². The molecule has 0 fully saturated rings. The number of hydrogen-bond acceptors (Lipinski definition) is 5. The molecule has 0 aliphatic heterocycles. The first-order valence-corrected chi connectivity index (χ1v) is 5.33. The molecule has 0 bridgehead atoms. The first-order valence-electron chi connectivity index (χ1n) is 5.33. The normalized spacial score (nSPS) is 10.8. The van der Waals surface area contributed by atoms with Crippen molar-refractivity contribution < 1.29 is 19.5 Å². The van der Waals surface area contributed by atoms with Gasteiger partial charge in [-0.25, -0.2) is 4.79 Å². The molecule has 1 rings (SSSR count). The standard InChI is InChI=1S/C11H14N4O4/c12-9(15-18)7-2-1-3-8(6-7)10(16)14-4-5-19-11(13)17/h1-3,6,18H,4-5H2,(H2,12,15)(H2,13,17)(H,14,16). The molecule has 0 unspecified atom stereocenters. The van der Waals surface area contributed by atoms with E-state index in [4.69, 9.17) is 16.7 Å². The maximum absolute atomic E-state index is 11.7. The minimum absolute atomic E-state index is 0.0129. The lowest BCUT2D eigenvalue weighted by Crippen LogP contribution is -2.29. The molecule has 0 atom stereocenters. The lowest BCUT2D eigenvalue weighted by Gasteiger charge is -2.06. The molecule has 19 heavy (non-hydrogen) atoms. The van der Waals surface area contributed by atoms with Crippen LogP contribution in [0.25, 0.3) is 0 Å². The number of oxime groups is 1. The second-order valence-corrected chi connectivity index (χ2v) is 3.49. The number of primary amides is 1. The highest BCUT2D eigenvalue weighted by Crippen LogP contribution is 2.05. The van der Waals surface area contributed by atoms with Gasteiger partial charge in [0.25, 0.3) is 5.91 Å². The predicted molar refractivity (Wildman–Crippen MR) is 66.8 cm³/mol. The Morgan fingerprint density at radius 2 is 2.00 bits per heavy atom. The van der Waals surface area contributed by atoms with Gasteiger partial charge in [-0.15, -0.1) is 0 Å². The van der Waals surface area contributed by atoms with Crippen molar-refractivity contribution in [3.05, 3.63) is 35.4 Å².